The molecule has 0 unspecified atom stereocenters. The molecule has 1 atom stereocenters. The lowest BCUT2D eigenvalue weighted by Gasteiger charge is -2.33. The van der Waals surface area contributed by atoms with E-state index in [0.29, 0.717) is 0 Å². The summed E-state index contributed by atoms with van der Waals surface area (Å²) in [7, 11) is 3.35. The first kappa shape index (κ1) is 20.0. The summed E-state index contributed by atoms with van der Waals surface area (Å²) in [4.78, 5) is 7.02. The van der Waals surface area contributed by atoms with Gasteiger partial charge < -0.3 is 14.2 Å². The number of pyridine rings is 1. The van der Waals surface area contributed by atoms with Crippen LogP contribution in [0.1, 0.15) is 32.0 Å². The number of methoxy groups -OCH3 is 2. The molecule has 6 heteroatoms. The van der Waals surface area contributed by atoms with Gasteiger partial charge in [0.15, 0.2) is 0 Å². The number of aromatic nitrogens is 1. The lowest BCUT2D eigenvalue weighted by Crippen LogP contribution is -2.41. The molecule has 0 fully saturated rings. The first-order valence-corrected chi connectivity index (χ1v) is 9.85. The molecule has 0 amide bonds. The average Bonchev–Trinajstić information content (AvgIpc) is 2.80. The highest BCUT2D eigenvalue weighted by Gasteiger charge is 2.32. The minimum absolute atomic E-state index is 0.0108. The Morgan fingerprint density at radius 3 is 2.63 bits per heavy atom. The summed E-state index contributed by atoms with van der Waals surface area (Å²) in [5, 5.41) is 0. The van der Waals surface area contributed by atoms with E-state index < -0.39 is 0 Å². The molecule has 2 heterocycles. The minimum Gasteiger partial charge on any atom is -0.497 e. The van der Waals surface area contributed by atoms with Crippen LogP contribution in [0.2, 0.25) is 0 Å². The number of ether oxygens (including phenoxy) is 3. The van der Waals surface area contributed by atoms with Crippen LogP contribution in [0.15, 0.2) is 34.9 Å². The normalized spacial score (nSPS) is 17.6. The van der Waals surface area contributed by atoms with Gasteiger partial charge in [-0.2, -0.15) is 0 Å². The van der Waals surface area contributed by atoms with Crippen LogP contribution >= 0.6 is 15.9 Å². The summed E-state index contributed by atoms with van der Waals surface area (Å²) in [5.41, 5.74) is 2.07. The maximum absolute atomic E-state index is 6.36. The molecule has 1 aliphatic rings. The van der Waals surface area contributed by atoms with E-state index in [1.54, 1.807) is 14.2 Å². The summed E-state index contributed by atoms with van der Waals surface area (Å²) >= 11 is 3.48. The second kappa shape index (κ2) is 8.07. The molecule has 0 N–H and O–H groups in total. The highest BCUT2D eigenvalue weighted by molar-refractivity contribution is 9.10. The van der Waals surface area contributed by atoms with Crippen LogP contribution in [0.25, 0.3) is 0 Å². The van der Waals surface area contributed by atoms with Gasteiger partial charge in [0.1, 0.15) is 28.0 Å². The Kier molecular flexibility index (Phi) is 5.96. The van der Waals surface area contributed by atoms with Crippen molar-refractivity contribution in [3.8, 4) is 17.2 Å². The van der Waals surface area contributed by atoms with Gasteiger partial charge in [-0.05, 0) is 34.1 Å². The molecule has 0 saturated carbocycles. The predicted octanol–water partition coefficient (Wildman–Crippen LogP) is 4.67. The van der Waals surface area contributed by atoms with Gasteiger partial charge in [0.25, 0.3) is 0 Å². The van der Waals surface area contributed by atoms with Gasteiger partial charge in [0.2, 0.25) is 0 Å². The van der Waals surface area contributed by atoms with Crippen LogP contribution < -0.4 is 14.2 Å². The van der Waals surface area contributed by atoms with Crippen molar-refractivity contribution < 1.29 is 14.2 Å². The number of hydrogen-bond donors (Lipinski definition) is 0. The molecule has 0 aliphatic carbocycles. The molecular formula is C21H27BrN2O3. The van der Waals surface area contributed by atoms with Gasteiger partial charge in [0.05, 0.1) is 19.9 Å². The number of halogens is 1. The monoisotopic (exact) mass is 434 g/mol. The fraction of sp³-hybridized carbons (Fsp3) is 0.476. The van der Waals surface area contributed by atoms with Crippen LogP contribution in [-0.2, 0) is 13.1 Å². The van der Waals surface area contributed by atoms with Gasteiger partial charge in [-0.1, -0.05) is 26.8 Å². The van der Waals surface area contributed by atoms with E-state index in [1.807, 2.05) is 24.3 Å². The summed E-state index contributed by atoms with van der Waals surface area (Å²) in [6.45, 7) is 8.91. The smallest absolute Gasteiger partial charge is 0.142 e. The quantitative estimate of drug-likeness (QED) is 0.653. The largest absolute Gasteiger partial charge is 0.497 e. The lowest BCUT2D eigenvalue weighted by molar-refractivity contribution is 0.0553. The van der Waals surface area contributed by atoms with Gasteiger partial charge in [-0.25, -0.2) is 4.98 Å². The Morgan fingerprint density at radius 2 is 1.96 bits per heavy atom. The van der Waals surface area contributed by atoms with E-state index in [9.17, 15) is 0 Å². The second-order valence-corrected chi connectivity index (χ2v) is 8.71. The molecule has 5 nitrogen and oxygen atoms in total. The molecule has 0 spiro atoms. The van der Waals surface area contributed by atoms with Crippen molar-refractivity contribution in [2.24, 2.45) is 5.41 Å². The maximum atomic E-state index is 6.36. The molecule has 1 aromatic heterocycles. The zero-order valence-corrected chi connectivity index (χ0v) is 18.2. The molecule has 1 aliphatic heterocycles. The average molecular weight is 435 g/mol. The Bertz CT molecular complexity index is 804. The van der Waals surface area contributed by atoms with Crippen molar-refractivity contribution in [1.82, 2.24) is 9.88 Å². The van der Waals surface area contributed by atoms with Crippen LogP contribution in [-0.4, -0.2) is 36.8 Å². The van der Waals surface area contributed by atoms with Crippen LogP contribution in [0.3, 0.4) is 0 Å². The molecule has 3 rings (SSSR count). The van der Waals surface area contributed by atoms with E-state index in [1.165, 1.54) is 0 Å². The maximum Gasteiger partial charge on any atom is 0.142 e. The highest BCUT2D eigenvalue weighted by atomic mass is 79.9. The van der Waals surface area contributed by atoms with Crippen molar-refractivity contribution >= 4 is 15.9 Å². The van der Waals surface area contributed by atoms with Crippen molar-refractivity contribution in [2.45, 2.75) is 40.0 Å². The van der Waals surface area contributed by atoms with Crippen molar-refractivity contribution in [1.29, 1.82) is 0 Å². The summed E-state index contributed by atoms with van der Waals surface area (Å²) in [5.74, 6) is 2.48. The van der Waals surface area contributed by atoms with Gasteiger partial charge in [0, 0.05) is 36.7 Å². The Labute approximate surface area is 169 Å². The zero-order valence-electron chi connectivity index (χ0n) is 16.6. The predicted molar refractivity (Wildman–Crippen MR) is 109 cm³/mol. The zero-order chi connectivity index (χ0) is 19.6. The van der Waals surface area contributed by atoms with Crippen molar-refractivity contribution in [2.75, 3.05) is 20.8 Å². The third-order valence-electron chi connectivity index (χ3n) is 4.82. The fourth-order valence-corrected chi connectivity index (χ4v) is 3.52. The minimum atomic E-state index is 0.0108. The van der Waals surface area contributed by atoms with E-state index in [-0.39, 0.29) is 11.5 Å². The van der Waals surface area contributed by atoms with Crippen LogP contribution in [0.5, 0.6) is 17.2 Å². The third-order valence-corrected chi connectivity index (χ3v) is 5.26. The van der Waals surface area contributed by atoms with Crippen molar-refractivity contribution in [3.63, 3.8) is 0 Å². The van der Waals surface area contributed by atoms with Gasteiger partial charge in [-0.3, -0.25) is 4.90 Å². The number of rotatable bonds is 4. The van der Waals surface area contributed by atoms with Crippen LogP contribution in [0.4, 0.5) is 0 Å². The molecule has 1 aromatic carbocycles. The molecule has 0 radical (unpaired) electrons. The standard InChI is InChI=1S/C21H27BrN2O3/c1-21(2,3)19-13-24(12-16-17(27-19)8-9-20(22)23-16)11-14-6-7-15(25-4)10-18(14)26-5/h6-10,19H,11-13H2,1-5H3/t19-/m0/s1. The molecule has 2 aromatic rings. The second-order valence-electron chi connectivity index (χ2n) is 7.90. The van der Waals surface area contributed by atoms with Gasteiger partial charge >= 0.3 is 0 Å². The molecule has 146 valence electrons. The Morgan fingerprint density at radius 1 is 1.19 bits per heavy atom. The number of fused-ring (bicyclic) bond motifs is 1. The third kappa shape index (κ3) is 4.74. The summed E-state index contributed by atoms with van der Waals surface area (Å²) < 4.78 is 18.1. The highest BCUT2D eigenvalue weighted by Crippen LogP contribution is 2.33. The Hall–Kier alpha value is -1.79. The molecule has 0 bridgehead atoms. The van der Waals surface area contributed by atoms with E-state index in [2.05, 4.69) is 52.7 Å². The topological polar surface area (TPSA) is 43.8 Å². The summed E-state index contributed by atoms with van der Waals surface area (Å²) in [6.07, 6.45) is 0.0611. The number of nitrogens with zero attached hydrogens (tertiary/aromatic N) is 2. The fourth-order valence-electron chi connectivity index (χ4n) is 3.18. The van der Waals surface area contributed by atoms with Crippen molar-refractivity contribution in [3.05, 3.63) is 46.2 Å². The van der Waals surface area contributed by atoms with E-state index >= 15 is 0 Å². The first-order chi connectivity index (χ1) is 12.8. The van der Waals surface area contributed by atoms with Crippen LogP contribution in [0, 0.1) is 5.41 Å². The molecule has 0 saturated heterocycles. The summed E-state index contributed by atoms with van der Waals surface area (Å²) in [6, 6.07) is 9.89. The van der Waals surface area contributed by atoms with E-state index in [4.69, 9.17) is 14.2 Å². The lowest BCUT2D eigenvalue weighted by atomic mass is 9.88. The molecular weight excluding hydrogens is 408 g/mol. The first-order valence-electron chi connectivity index (χ1n) is 9.05. The van der Waals surface area contributed by atoms with Gasteiger partial charge in [-0.15, -0.1) is 0 Å². The number of hydrogen-bond acceptors (Lipinski definition) is 5. The number of benzene rings is 1. The SMILES string of the molecule is COc1ccc(CN2Cc3nc(Br)ccc3O[C@H](C(C)(C)C)C2)c(OC)c1. The Balaban J connectivity index is 1.92. The van der Waals surface area contributed by atoms with E-state index in [0.717, 1.165) is 52.7 Å². The molecule has 27 heavy (non-hydrogen) atoms.